The van der Waals surface area contributed by atoms with Crippen LogP contribution in [0.2, 0.25) is 25.7 Å². The van der Waals surface area contributed by atoms with Crippen LogP contribution < -0.4 is 0 Å². The number of hydrogen-bond acceptors (Lipinski definition) is 0. The highest BCUT2D eigenvalue weighted by Gasteiger charge is 2.12. The van der Waals surface area contributed by atoms with Gasteiger partial charge in [0.2, 0.25) is 0 Å². The van der Waals surface area contributed by atoms with E-state index in [1.54, 1.807) is 0 Å². The fraction of sp³-hybridized carbons (Fsp3) is 0.429. The highest BCUT2D eigenvalue weighted by Crippen LogP contribution is 2.19. The monoisotopic (exact) mass is 296 g/mol. The van der Waals surface area contributed by atoms with E-state index >= 15 is 0 Å². The third-order valence-corrected chi connectivity index (χ3v) is 4.81. The van der Waals surface area contributed by atoms with E-state index in [1.165, 1.54) is 23.6 Å². The van der Waals surface area contributed by atoms with Crippen molar-refractivity contribution in [1.29, 1.82) is 0 Å². The standard InChI is InChI=1S/C14H21BrSi/c1-12(8-9-16(2,3)4)10-13-6-5-7-14(15)11-13/h5-7,11H,1,8-10H2,2-4H3. The van der Waals surface area contributed by atoms with Crippen molar-refractivity contribution in [3.8, 4) is 0 Å². The van der Waals surface area contributed by atoms with E-state index in [4.69, 9.17) is 0 Å². The van der Waals surface area contributed by atoms with Crippen LogP contribution >= 0.6 is 15.9 Å². The molecule has 0 aliphatic heterocycles. The molecule has 2 heteroatoms. The van der Waals surface area contributed by atoms with Gasteiger partial charge < -0.3 is 0 Å². The minimum atomic E-state index is -0.918. The van der Waals surface area contributed by atoms with Gasteiger partial charge in [0.15, 0.2) is 0 Å². The summed E-state index contributed by atoms with van der Waals surface area (Å²) in [7, 11) is -0.918. The molecule has 0 saturated carbocycles. The zero-order chi connectivity index (χ0) is 12.2. The summed E-state index contributed by atoms with van der Waals surface area (Å²) in [4.78, 5) is 0. The molecular weight excluding hydrogens is 276 g/mol. The van der Waals surface area contributed by atoms with Gasteiger partial charge in [0, 0.05) is 12.5 Å². The van der Waals surface area contributed by atoms with Gasteiger partial charge in [-0.3, -0.25) is 0 Å². The third-order valence-electron chi connectivity index (χ3n) is 2.57. The summed E-state index contributed by atoms with van der Waals surface area (Å²) in [6.45, 7) is 11.4. The zero-order valence-corrected chi connectivity index (χ0v) is 13.1. The highest BCUT2D eigenvalue weighted by molar-refractivity contribution is 9.10. The van der Waals surface area contributed by atoms with Crippen molar-refractivity contribution < 1.29 is 0 Å². The summed E-state index contributed by atoms with van der Waals surface area (Å²) in [5.74, 6) is 0. The first-order chi connectivity index (χ1) is 7.37. The van der Waals surface area contributed by atoms with Crippen LogP contribution in [0.4, 0.5) is 0 Å². The molecule has 1 rings (SSSR count). The first-order valence-electron chi connectivity index (χ1n) is 5.78. The van der Waals surface area contributed by atoms with Gasteiger partial charge in [-0.15, -0.1) is 0 Å². The van der Waals surface area contributed by atoms with E-state index in [0.29, 0.717) is 0 Å². The number of hydrogen-bond donors (Lipinski definition) is 0. The van der Waals surface area contributed by atoms with Crippen molar-refractivity contribution in [2.75, 3.05) is 0 Å². The molecule has 0 aromatic heterocycles. The molecular formula is C14H21BrSi. The number of halogens is 1. The van der Waals surface area contributed by atoms with Gasteiger partial charge in [-0.1, -0.05) is 65.9 Å². The lowest BCUT2D eigenvalue weighted by Crippen LogP contribution is -2.19. The SMILES string of the molecule is C=C(CC[Si](C)(C)C)Cc1cccc(Br)c1. The molecule has 16 heavy (non-hydrogen) atoms. The minimum absolute atomic E-state index is 0.918. The van der Waals surface area contributed by atoms with Crippen LogP contribution in [0.5, 0.6) is 0 Å². The Bertz CT molecular complexity index is 363. The highest BCUT2D eigenvalue weighted by atomic mass is 79.9. The van der Waals surface area contributed by atoms with Gasteiger partial charge in [0.25, 0.3) is 0 Å². The van der Waals surface area contributed by atoms with Crippen molar-refractivity contribution in [3.63, 3.8) is 0 Å². The molecule has 0 bridgehead atoms. The van der Waals surface area contributed by atoms with E-state index in [2.05, 4.69) is 66.4 Å². The normalized spacial score (nSPS) is 11.5. The van der Waals surface area contributed by atoms with Gasteiger partial charge in [0.05, 0.1) is 0 Å². The summed E-state index contributed by atoms with van der Waals surface area (Å²) < 4.78 is 1.16. The Kier molecular flexibility index (Phi) is 5.00. The topological polar surface area (TPSA) is 0 Å². The molecule has 0 heterocycles. The van der Waals surface area contributed by atoms with Gasteiger partial charge in [0.1, 0.15) is 0 Å². The second-order valence-corrected chi connectivity index (χ2v) is 12.2. The Balaban J connectivity index is 2.46. The van der Waals surface area contributed by atoms with Crippen LogP contribution in [0.3, 0.4) is 0 Å². The van der Waals surface area contributed by atoms with E-state index in [9.17, 15) is 0 Å². The Morgan fingerprint density at radius 1 is 1.31 bits per heavy atom. The van der Waals surface area contributed by atoms with Crippen molar-refractivity contribution in [2.45, 2.75) is 38.5 Å². The molecule has 0 spiro atoms. The predicted octanol–water partition coefficient (Wildman–Crippen LogP) is 5.28. The van der Waals surface area contributed by atoms with Gasteiger partial charge >= 0.3 is 0 Å². The van der Waals surface area contributed by atoms with Crippen LogP contribution in [-0.2, 0) is 6.42 Å². The first kappa shape index (κ1) is 13.7. The minimum Gasteiger partial charge on any atom is -0.0995 e. The maximum absolute atomic E-state index is 4.19. The van der Waals surface area contributed by atoms with Gasteiger partial charge in [-0.05, 0) is 30.5 Å². The summed E-state index contributed by atoms with van der Waals surface area (Å²) in [5.41, 5.74) is 2.72. The van der Waals surface area contributed by atoms with E-state index in [0.717, 1.165) is 10.9 Å². The molecule has 88 valence electrons. The molecule has 0 atom stereocenters. The Morgan fingerprint density at radius 2 is 2.00 bits per heavy atom. The second-order valence-electron chi connectivity index (χ2n) is 5.62. The summed E-state index contributed by atoms with van der Waals surface area (Å²) >= 11 is 3.50. The molecule has 0 amide bonds. The Labute approximate surface area is 109 Å². The Hall–Kier alpha value is -0.343. The zero-order valence-electron chi connectivity index (χ0n) is 10.5. The molecule has 0 aliphatic carbocycles. The van der Waals surface area contributed by atoms with Crippen molar-refractivity contribution >= 4 is 24.0 Å². The average Bonchev–Trinajstić information content (AvgIpc) is 2.14. The lowest BCUT2D eigenvalue weighted by Gasteiger charge is -2.16. The van der Waals surface area contributed by atoms with Crippen molar-refractivity contribution in [3.05, 3.63) is 46.5 Å². The maximum atomic E-state index is 4.19. The molecule has 0 nitrogen and oxygen atoms in total. The predicted molar refractivity (Wildman–Crippen MR) is 79.8 cm³/mol. The lowest BCUT2D eigenvalue weighted by molar-refractivity contribution is 0.991. The van der Waals surface area contributed by atoms with Crippen LogP contribution in [0.1, 0.15) is 12.0 Å². The first-order valence-corrected chi connectivity index (χ1v) is 10.3. The molecule has 0 aliphatic rings. The fourth-order valence-electron chi connectivity index (χ4n) is 1.58. The van der Waals surface area contributed by atoms with E-state index in [1.807, 2.05) is 0 Å². The summed E-state index contributed by atoms with van der Waals surface area (Å²) in [5, 5.41) is 0. The molecule has 0 N–H and O–H groups in total. The third kappa shape index (κ3) is 5.66. The smallest absolute Gasteiger partial charge is 0.0445 e. The lowest BCUT2D eigenvalue weighted by atomic mass is 10.1. The van der Waals surface area contributed by atoms with Crippen LogP contribution in [0.15, 0.2) is 40.9 Å². The fourth-order valence-corrected chi connectivity index (χ4v) is 3.13. The summed E-state index contributed by atoms with van der Waals surface area (Å²) in [6, 6.07) is 9.85. The van der Waals surface area contributed by atoms with Crippen LogP contribution in [-0.4, -0.2) is 8.07 Å². The second kappa shape index (κ2) is 5.83. The molecule has 0 fully saturated rings. The van der Waals surface area contributed by atoms with E-state index in [-0.39, 0.29) is 0 Å². The quantitative estimate of drug-likeness (QED) is 0.512. The van der Waals surface area contributed by atoms with Crippen molar-refractivity contribution in [2.24, 2.45) is 0 Å². The number of benzene rings is 1. The molecule has 0 unspecified atom stereocenters. The molecule has 1 aromatic rings. The molecule has 1 aromatic carbocycles. The number of allylic oxidation sites excluding steroid dienone is 1. The summed E-state index contributed by atoms with van der Waals surface area (Å²) in [6.07, 6.45) is 2.20. The Morgan fingerprint density at radius 3 is 2.56 bits per heavy atom. The van der Waals surface area contributed by atoms with E-state index < -0.39 is 8.07 Å². The van der Waals surface area contributed by atoms with Gasteiger partial charge in [-0.25, -0.2) is 0 Å². The largest absolute Gasteiger partial charge is 0.0995 e. The van der Waals surface area contributed by atoms with Crippen molar-refractivity contribution in [1.82, 2.24) is 0 Å². The maximum Gasteiger partial charge on any atom is 0.0445 e. The number of rotatable bonds is 5. The average molecular weight is 297 g/mol. The molecule has 0 saturated heterocycles. The van der Waals surface area contributed by atoms with Crippen LogP contribution in [0.25, 0.3) is 0 Å². The molecule has 0 radical (unpaired) electrons. The van der Waals surface area contributed by atoms with Gasteiger partial charge in [-0.2, -0.15) is 0 Å². The van der Waals surface area contributed by atoms with Crippen LogP contribution in [0, 0.1) is 0 Å².